The van der Waals surface area contributed by atoms with Crippen molar-refractivity contribution in [2.45, 2.75) is 11.8 Å². The van der Waals surface area contributed by atoms with Crippen molar-refractivity contribution in [1.82, 2.24) is 5.32 Å². The Morgan fingerprint density at radius 1 is 1.18 bits per heavy atom. The molecule has 2 aromatic carbocycles. The molecule has 2 aromatic rings. The Kier molecular flexibility index (Phi) is 7.97. The number of carbonyl (C=O) groups excluding carboxylic acids is 2. The van der Waals surface area contributed by atoms with Gasteiger partial charge in [-0.25, -0.2) is 0 Å². The lowest BCUT2D eigenvalue weighted by atomic mass is 10.1. The molecule has 0 spiro atoms. The zero-order valence-electron chi connectivity index (χ0n) is 15.6. The number of carbonyl (C=O) groups is 2. The minimum atomic E-state index is -0.489. The summed E-state index contributed by atoms with van der Waals surface area (Å²) in [6.45, 7) is 2.43. The van der Waals surface area contributed by atoms with Crippen LogP contribution in [0.5, 0.6) is 0 Å². The molecule has 0 radical (unpaired) electrons. The highest BCUT2D eigenvalue weighted by atomic mass is 32.2. The van der Waals surface area contributed by atoms with Crippen molar-refractivity contribution in [1.29, 1.82) is 0 Å². The average Bonchev–Trinajstić information content (AvgIpc) is 2.68. The van der Waals surface area contributed by atoms with E-state index in [2.05, 4.69) is 10.6 Å². The van der Waals surface area contributed by atoms with Crippen molar-refractivity contribution in [2.75, 3.05) is 31.3 Å². The van der Waals surface area contributed by atoms with Crippen molar-refractivity contribution in [2.24, 2.45) is 0 Å². The molecule has 28 heavy (non-hydrogen) atoms. The summed E-state index contributed by atoms with van der Waals surface area (Å²) in [4.78, 5) is 35.8. The molecule has 0 saturated carbocycles. The summed E-state index contributed by atoms with van der Waals surface area (Å²) < 4.78 is 4.88. The average molecular weight is 403 g/mol. The van der Waals surface area contributed by atoms with Gasteiger partial charge < -0.3 is 15.4 Å². The predicted octanol–water partition coefficient (Wildman–Crippen LogP) is 3.01. The molecule has 0 bridgehead atoms. The summed E-state index contributed by atoms with van der Waals surface area (Å²) in [5.74, 6) is -0.401. The second-order valence-corrected chi connectivity index (χ2v) is 6.81. The lowest BCUT2D eigenvalue weighted by Crippen LogP contribution is -2.28. The Morgan fingerprint density at radius 2 is 1.93 bits per heavy atom. The molecule has 2 rings (SSSR count). The van der Waals surface area contributed by atoms with Crippen molar-refractivity contribution >= 4 is 35.0 Å². The van der Waals surface area contributed by atoms with Crippen molar-refractivity contribution < 1.29 is 19.2 Å². The number of methoxy groups -OCH3 is 1. The van der Waals surface area contributed by atoms with Crippen LogP contribution in [0.25, 0.3) is 0 Å². The first-order valence-electron chi connectivity index (χ1n) is 8.47. The summed E-state index contributed by atoms with van der Waals surface area (Å²) >= 11 is 1.24. The van der Waals surface area contributed by atoms with E-state index in [1.165, 1.54) is 23.9 Å². The zero-order valence-corrected chi connectivity index (χ0v) is 16.4. The lowest BCUT2D eigenvalue weighted by Gasteiger charge is -2.12. The third-order valence-corrected chi connectivity index (χ3v) is 4.94. The van der Waals surface area contributed by atoms with E-state index >= 15 is 0 Å². The zero-order chi connectivity index (χ0) is 20.5. The number of thioether (sulfide) groups is 1. The number of hydrogen-bond donors (Lipinski definition) is 2. The van der Waals surface area contributed by atoms with Crippen LogP contribution in [-0.4, -0.2) is 42.8 Å². The SMILES string of the molecule is COCCNC(=O)CSc1ccccc1C(=O)Nc1cccc([N+](=O)[O-])c1C. The van der Waals surface area contributed by atoms with E-state index in [1.54, 1.807) is 44.4 Å². The number of anilines is 1. The molecule has 9 heteroatoms. The number of ether oxygens (including phenoxy) is 1. The standard InChI is InChI=1S/C19H21N3O5S/c1-13-15(7-5-8-16(13)22(25)26)21-19(24)14-6-3-4-9-17(14)28-12-18(23)20-10-11-27-2/h3-9H,10-12H2,1-2H3,(H,20,23)(H,21,24). The Balaban J connectivity index is 2.10. The molecular formula is C19H21N3O5S. The number of rotatable bonds is 9. The predicted molar refractivity (Wildman–Crippen MR) is 108 cm³/mol. The molecule has 0 heterocycles. The first-order chi connectivity index (χ1) is 13.4. The smallest absolute Gasteiger partial charge is 0.274 e. The van der Waals surface area contributed by atoms with Crippen LogP contribution in [0.3, 0.4) is 0 Å². The quantitative estimate of drug-likeness (QED) is 0.288. The minimum Gasteiger partial charge on any atom is -0.383 e. The molecule has 0 saturated heterocycles. The normalized spacial score (nSPS) is 10.4. The molecule has 0 atom stereocenters. The van der Waals surface area contributed by atoms with Gasteiger partial charge in [0.05, 0.1) is 34.1 Å². The van der Waals surface area contributed by atoms with Gasteiger partial charge in [-0.2, -0.15) is 0 Å². The van der Waals surface area contributed by atoms with Gasteiger partial charge in [0.25, 0.3) is 11.6 Å². The van der Waals surface area contributed by atoms with E-state index < -0.39 is 10.8 Å². The maximum Gasteiger partial charge on any atom is 0.274 e. The number of hydrogen-bond acceptors (Lipinski definition) is 6. The minimum absolute atomic E-state index is 0.0619. The van der Waals surface area contributed by atoms with Crippen LogP contribution >= 0.6 is 11.8 Å². The highest BCUT2D eigenvalue weighted by Crippen LogP contribution is 2.27. The summed E-state index contributed by atoms with van der Waals surface area (Å²) in [6, 6.07) is 11.4. The van der Waals surface area contributed by atoms with Crippen LogP contribution in [0.2, 0.25) is 0 Å². The molecule has 0 unspecified atom stereocenters. The fourth-order valence-electron chi connectivity index (χ4n) is 2.41. The molecule has 0 aliphatic heterocycles. The van der Waals surface area contributed by atoms with Gasteiger partial charge in [-0.15, -0.1) is 11.8 Å². The van der Waals surface area contributed by atoms with Crippen LogP contribution < -0.4 is 10.6 Å². The van der Waals surface area contributed by atoms with Crippen molar-refractivity contribution in [3.63, 3.8) is 0 Å². The highest BCUT2D eigenvalue weighted by Gasteiger charge is 2.17. The van der Waals surface area contributed by atoms with E-state index in [4.69, 9.17) is 4.74 Å². The number of nitrogens with one attached hydrogen (secondary N) is 2. The topological polar surface area (TPSA) is 111 Å². The van der Waals surface area contributed by atoms with Crippen LogP contribution in [0.15, 0.2) is 47.4 Å². The third kappa shape index (κ3) is 5.80. The van der Waals surface area contributed by atoms with Crippen LogP contribution in [0, 0.1) is 17.0 Å². The largest absolute Gasteiger partial charge is 0.383 e. The first kappa shape index (κ1) is 21.4. The lowest BCUT2D eigenvalue weighted by molar-refractivity contribution is -0.385. The molecule has 8 nitrogen and oxygen atoms in total. The Morgan fingerprint density at radius 3 is 2.64 bits per heavy atom. The fourth-order valence-corrected chi connectivity index (χ4v) is 3.29. The first-order valence-corrected chi connectivity index (χ1v) is 9.45. The number of nitro benzene ring substituents is 1. The second kappa shape index (κ2) is 10.4. The van der Waals surface area contributed by atoms with Crippen LogP contribution in [0.1, 0.15) is 15.9 Å². The maximum atomic E-state index is 12.7. The summed E-state index contributed by atoms with van der Waals surface area (Å²) in [5, 5.41) is 16.5. The molecule has 2 amide bonds. The number of amides is 2. The van der Waals surface area contributed by atoms with Gasteiger partial charge in [-0.1, -0.05) is 18.2 Å². The van der Waals surface area contributed by atoms with Gasteiger partial charge in [-0.05, 0) is 25.1 Å². The molecule has 2 N–H and O–H groups in total. The maximum absolute atomic E-state index is 12.7. The van der Waals surface area contributed by atoms with Gasteiger partial charge in [0, 0.05) is 24.6 Å². The van der Waals surface area contributed by atoms with E-state index in [0.717, 1.165) is 0 Å². The Labute approximate surface area is 166 Å². The molecule has 148 valence electrons. The summed E-state index contributed by atoms with van der Waals surface area (Å²) in [6.07, 6.45) is 0. The van der Waals surface area contributed by atoms with Crippen LogP contribution in [-0.2, 0) is 9.53 Å². The fraction of sp³-hybridized carbons (Fsp3) is 0.263. The van der Waals surface area contributed by atoms with E-state index in [9.17, 15) is 19.7 Å². The third-order valence-electron chi connectivity index (χ3n) is 3.87. The summed E-state index contributed by atoms with van der Waals surface area (Å²) in [7, 11) is 1.55. The van der Waals surface area contributed by atoms with E-state index in [-0.39, 0.29) is 17.3 Å². The van der Waals surface area contributed by atoms with E-state index in [1.807, 2.05) is 0 Å². The molecule has 0 aromatic heterocycles. The van der Waals surface area contributed by atoms with Gasteiger partial charge in [-0.3, -0.25) is 19.7 Å². The Hall–Kier alpha value is -2.91. The molecule has 0 aliphatic rings. The monoisotopic (exact) mass is 403 g/mol. The number of benzene rings is 2. The van der Waals surface area contributed by atoms with Gasteiger partial charge in [0.1, 0.15) is 0 Å². The molecule has 0 aliphatic carbocycles. The Bertz CT molecular complexity index is 872. The van der Waals surface area contributed by atoms with Crippen molar-refractivity contribution in [3.05, 3.63) is 63.7 Å². The number of nitrogens with zero attached hydrogens (tertiary/aromatic N) is 1. The van der Waals surface area contributed by atoms with Crippen LogP contribution in [0.4, 0.5) is 11.4 Å². The molecule has 0 fully saturated rings. The van der Waals surface area contributed by atoms with Crippen molar-refractivity contribution in [3.8, 4) is 0 Å². The van der Waals surface area contributed by atoms with Gasteiger partial charge in [0.15, 0.2) is 0 Å². The summed E-state index contributed by atoms with van der Waals surface area (Å²) in [5.41, 5.74) is 1.08. The van der Waals surface area contributed by atoms with E-state index in [0.29, 0.717) is 34.9 Å². The number of nitro groups is 1. The van der Waals surface area contributed by atoms with Gasteiger partial charge in [0.2, 0.25) is 5.91 Å². The second-order valence-electron chi connectivity index (χ2n) is 5.79. The highest BCUT2D eigenvalue weighted by molar-refractivity contribution is 8.00. The molecular weight excluding hydrogens is 382 g/mol. The van der Waals surface area contributed by atoms with Gasteiger partial charge >= 0.3 is 0 Å².